The second-order valence-electron chi connectivity index (χ2n) is 11.9. The molecular formula is C32H47N5O6S. The molecule has 0 aromatic heterocycles. The number of sulfonamides is 1. The largest absolute Gasteiger partial charge is 0.497 e. The van der Waals surface area contributed by atoms with Crippen molar-refractivity contribution in [3.63, 3.8) is 0 Å². The molecular weight excluding hydrogens is 582 g/mol. The van der Waals surface area contributed by atoms with Crippen molar-refractivity contribution in [3.05, 3.63) is 59.2 Å². The van der Waals surface area contributed by atoms with Gasteiger partial charge in [0.15, 0.2) is 0 Å². The quantitative estimate of drug-likeness (QED) is 0.355. The van der Waals surface area contributed by atoms with E-state index < -0.39 is 10.0 Å². The number of piperazine rings is 1. The topological polar surface area (TPSA) is 112 Å². The van der Waals surface area contributed by atoms with E-state index in [2.05, 4.69) is 22.2 Å². The van der Waals surface area contributed by atoms with Crippen LogP contribution in [0.25, 0.3) is 0 Å². The molecule has 2 saturated heterocycles. The van der Waals surface area contributed by atoms with Crippen LogP contribution in [0, 0.1) is 13.8 Å². The first-order valence-electron chi connectivity index (χ1n) is 15.2. The predicted octanol–water partition coefficient (Wildman–Crippen LogP) is 1.99. The Bertz CT molecular complexity index is 1360. The van der Waals surface area contributed by atoms with E-state index in [4.69, 9.17) is 9.47 Å². The lowest BCUT2D eigenvalue weighted by molar-refractivity contribution is -0.139. The molecule has 2 aromatic carbocycles. The minimum Gasteiger partial charge on any atom is -0.497 e. The molecule has 2 aliphatic rings. The number of carbonyl (C=O) groups is 2. The number of likely N-dealkylation sites (tertiary alicyclic amines) is 1. The number of carbonyl (C=O) groups excluding carboxylic acids is 2. The third kappa shape index (κ3) is 7.97. The van der Waals surface area contributed by atoms with Crippen molar-refractivity contribution in [1.29, 1.82) is 0 Å². The Labute approximate surface area is 262 Å². The van der Waals surface area contributed by atoms with Gasteiger partial charge in [-0.1, -0.05) is 18.2 Å². The van der Waals surface area contributed by atoms with Gasteiger partial charge in [-0.25, -0.2) is 8.42 Å². The fourth-order valence-electron chi connectivity index (χ4n) is 6.15. The second kappa shape index (κ2) is 14.8. The summed E-state index contributed by atoms with van der Waals surface area (Å²) in [6.07, 6.45) is 1.50. The molecule has 2 heterocycles. The minimum absolute atomic E-state index is 0.0877. The summed E-state index contributed by atoms with van der Waals surface area (Å²) in [5.74, 6) is 0.409. The van der Waals surface area contributed by atoms with E-state index in [0.717, 1.165) is 39.0 Å². The molecule has 2 amide bonds. The Kier molecular flexibility index (Phi) is 11.4. The van der Waals surface area contributed by atoms with E-state index in [1.165, 1.54) is 11.4 Å². The summed E-state index contributed by atoms with van der Waals surface area (Å²) in [5.41, 5.74) is 1.64. The standard InChI is InChI=1S/C32H47N5O6S/c1-25-21-28(42-5)22-26(2)30(25)44(40,41)35(4)19-20-43-23-29(38)36-13-11-32(12-14-36,37-17-15-34(3)16-18-37)24-33-31(39)27-9-7-6-8-10-27/h6-10,21-22H,11-20,23-24H2,1-5H3,(H,33,39). The number of rotatable bonds is 12. The molecule has 0 aliphatic carbocycles. The normalized spacial score (nSPS) is 17.9. The third-order valence-corrected chi connectivity index (χ3v) is 11.1. The molecule has 4 rings (SSSR count). The lowest BCUT2D eigenvalue weighted by atomic mass is 9.84. The van der Waals surface area contributed by atoms with Gasteiger partial charge in [0.05, 0.1) is 18.6 Å². The number of methoxy groups -OCH3 is 1. The fourth-order valence-corrected chi connectivity index (χ4v) is 7.71. The molecule has 242 valence electrons. The summed E-state index contributed by atoms with van der Waals surface area (Å²) in [4.78, 5) is 32.8. The number of amides is 2. The van der Waals surface area contributed by atoms with Gasteiger partial charge in [-0.05, 0) is 69.1 Å². The number of nitrogens with zero attached hydrogens (tertiary/aromatic N) is 4. The second-order valence-corrected chi connectivity index (χ2v) is 13.9. The van der Waals surface area contributed by atoms with E-state index in [1.807, 2.05) is 35.2 Å². The zero-order chi connectivity index (χ0) is 31.9. The van der Waals surface area contributed by atoms with E-state index in [9.17, 15) is 18.0 Å². The number of likely N-dealkylation sites (N-methyl/N-ethyl adjacent to an activating group) is 2. The van der Waals surface area contributed by atoms with Crippen molar-refractivity contribution in [2.75, 3.05) is 86.8 Å². The first kappa shape index (κ1) is 33.9. The third-order valence-electron chi connectivity index (χ3n) is 8.95. The summed E-state index contributed by atoms with van der Waals surface area (Å²) in [6.45, 7) is 9.03. The first-order chi connectivity index (χ1) is 21.0. The van der Waals surface area contributed by atoms with Crippen LogP contribution in [-0.4, -0.2) is 132 Å². The Hall–Kier alpha value is -3.03. The maximum atomic E-state index is 13.3. The van der Waals surface area contributed by atoms with Gasteiger partial charge in [0, 0.05) is 70.5 Å². The van der Waals surface area contributed by atoms with Gasteiger partial charge in [-0.3, -0.25) is 14.5 Å². The Balaban J connectivity index is 1.29. The number of nitrogens with one attached hydrogen (secondary N) is 1. The summed E-state index contributed by atoms with van der Waals surface area (Å²) >= 11 is 0. The highest BCUT2D eigenvalue weighted by atomic mass is 32.2. The molecule has 0 saturated carbocycles. The summed E-state index contributed by atoms with van der Waals surface area (Å²) in [7, 11) is 1.45. The highest BCUT2D eigenvalue weighted by molar-refractivity contribution is 7.89. The molecule has 0 bridgehead atoms. The molecule has 0 atom stereocenters. The molecule has 2 aromatic rings. The Morgan fingerprint density at radius 1 is 0.977 bits per heavy atom. The van der Waals surface area contributed by atoms with E-state index in [0.29, 0.717) is 42.1 Å². The van der Waals surface area contributed by atoms with E-state index in [1.54, 1.807) is 33.1 Å². The maximum Gasteiger partial charge on any atom is 0.251 e. The minimum atomic E-state index is -3.74. The molecule has 0 spiro atoms. The van der Waals surface area contributed by atoms with Crippen molar-refractivity contribution in [2.45, 2.75) is 37.1 Å². The van der Waals surface area contributed by atoms with Gasteiger partial charge in [0.25, 0.3) is 5.91 Å². The van der Waals surface area contributed by atoms with Crippen molar-refractivity contribution in [1.82, 2.24) is 24.3 Å². The SMILES string of the molecule is COc1cc(C)c(S(=O)(=O)N(C)CCOCC(=O)N2CCC(CNC(=O)c3ccccc3)(N3CCN(C)CC3)CC2)c(C)c1. The number of aryl methyl sites for hydroxylation is 2. The lowest BCUT2D eigenvalue weighted by Gasteiger charge is -2.51. The molecule has 12 heteroatoms. The van der Waals surface area contributed by atoms with Crippen molar-refractivity contribution in [2.24, 2.45) is 0 Å². The average Bonchev–Trinajstić information content (AvgIpc) is 3.02. The van der Waals surface area contributed by atoms with Crippen LogP contribution in [-0.2, 0) is 19.6 Å². The van der Waals surface area contributed by atoms with Gasteiger partial charge >= 0.3 is 0 Å². The van der Waals surface area contributed by atoms with E-state index >= 15 is 0 Å². The lowest BCUT2D eigenvalue weighted by Crippen LogP contribution is -2.64. The maximum absolute atomic E-state index is 13.3. The smallest absolute Gasteiger partial charge is 0.251 e. The number of piperidine rings is 1. The summed E-state index contributed by atoms with van der Waals surface area (Å²) in [5, 5.41) is 3.17. The van der Waals surface area contributed by atoms with Crippen LogP contribution in [0.3, 0.4) is 0 Å². The first-order valence-corrected chi connectivity index (χ1v) is 16.6. The van der Waals surface area contributed by atoms with Gasteiger partial charge < -0.3 is 24.6 Å². The molecule has 0 unspecified atom stereocenters. The van der Waals surface area contributed by atoms with Crippen LogP contribution in [0.1, 0.15) is 34.3 Å². The number of ether oxygens (including phenoxy) is 2. The van der Waals surface area contributed by atoms with Gasteiger partial charge in [0.1, 0.15) is 12.4 Å². The highest BCUT2D eigenvalue weighted by Crippen LogP contribution is 2.30. The Morgan fingerprint density at radius 2 is 1.59 bits per heavy atom. The highest BCUT2D eigenvalue weighted by Gasteiger charge is 2.42. The summed E-state index contributed by atoms with van der Waals surface area (Å²) in [6, 6.07) is 12.6. The molecule has 1 N–H and O–H groups in total. The predicted molar refractivity (Wildman–Crippen MR) is 169 cm³/mol. The van der Waals surface area contributed by atoms with E-state index in [-0.39, 0.29) is 42.0 Å². The number of hydrogen-bond acceptors (Lipinski definition) is 8. The molecule has 11 nitrogen and oxygen atoms in total. The van der Waals surface area contributed by atoms with Crippen molar-refractivity contribution in [3.8, 4) is 5.75 Å². The monoisotopic (exact) mass is 629 g/mol. The molecule has 2 aliphatic heterocycles. The Morgan fingerprint density at radius 3 is 2.18 bits per heavy atom. The molecule has 44 heavy (non-hydrogen) atoms. The zero-order valence-corrected chi connectivity index (χ0v) is 27.5. The average molecular weight is 630 g/mol. The van der Waals surface area contributed by atoms with Crippen LogP contribution >= 0.6 is 0 Å². The van der Waals surface area contributed by atoms with Gasteiger partial charge in [-0.15, -0.1) is 0 Å². The summed E-state index contributed by atoms with van der Waals surface area (Å²) < 4.78 is 38.7. The zero-order valence-electron chi connectivity index (χ0n) is 26.7. The van der Waals surface area contributed by atoms with Crippen LogP contribution in [0.15, 0.2) is 47.4 Å². The molecule has 0 radical (unpaired) electrons. The number of benzene rings is 2. The van der Waals surface area contributed by atoms with Crippen LogP contribution in [0.2, 0.25) is 0 Å². The van der Waals surface area contributed by atoms with Crippen molar-refractivity contribution >= 4 is 21.8 Å². The van der Waals surface area contributed by atoms with Crippen LogP contribution in [0.4, 0.5) is 0 Å². The van der Waals surface area contributed by atoms with Gasteiger partial charge in [0.2, 0.25) is 15.9 Å². The fraction of sp³-hybridized carbons (Fsp3) is 0.562. The number of hydrogen-bond donors (Lipinski definition) is 1. The van der Waals surface area contributed by atoms with Crippen LogP contribution < -0.4 is 10.1 Å². The van der Waals surface area contributed by atoms with Crippen molar-refractivity contribution < 1.29 is 27.5 Å². The molecule has 2 fully saturated rings. The van der Waals surface area contributed by atoms with Crippen LogP contribution in [0.5, 0.6) is 5.75 Å². The van der Waals surface area contributed by atoms with Gasteiger partial charge in [-0.2, -0.15) is 4.31 Å².